The van der Waals surface area contributed by atoms with Gasteiger partial charge in [0.15, 0.2) is 0 Å². The lowest BCUT2D eigenvalue weighted by Gasteiger charge is -2.32. The van der Waals surface area contributed by atoms with E-state index < -0.39 is 0 Å². The van der Waals surface area contributed by atoms with Crippen molar-refractivity contribution in [2.24, 2.45) is 0 Å². The third-order valence-corrected chi connectivity index (χ3v) is 8.75. The Labute approximate surface area is 254 Å². The summed E-state index contributed by atoms with van der Waals surface area (Å²) in [6, 6.07) is 36.8. The van der Waals surface area contributed by atoms with Gasteiger partial charge in [0.1, 0.15) is 0 Å². The molecule has 0 unspecified atom stereocenters. The first-order chi connectivity index (χ1) is 20.0. The Morgan fingerprint density at radius 2 is 1.29 bits per heavy atom. The Morgan fingerprint density at radius 3 is 1.83 bits per heavy atom. The summed E-state index contributed by atoms with van der Waals surface area (Å²) >= 11 is 12.7. The van der Waals surface area contributed by atoms with Crippen LogP contribution >= 0.6 is 23.2 Å². The number of hydrogen-bond acceptors (Lipinski definition) is 2. The van der Waals surface area contributed by atoms with E-state index in [-0.39, 0.29) is 11.8 Å². The molecule has 1 aliphatic rings. The first kappa shape index (κ1) is 29.1. The number of piperidine rings is 1. The van der Waals surface area contributed by atoms with Gasteiger partial charge in [0.25, 0.3) is 5.91 Å². The van der Waals surface area contributed by atoms with E-state index >= 15 is 0 Å². The number of halogens is 2. The van der Waals surface area contributed by atoms with Crippen LogP contribution in [0.25, 0.3) is 5.57 Å². The fourth-order valence-corrected chi connectivity index (χ4v) is 6.07. The van der Waals surface area contributed by atoms with E-state index in [0.717, 1.165) is 44.5 Å². The molecule has 0 saturated carbocycles. The topological polar surface area (TPSA) is 23.6 Å². The van der Waals surface area contributed by atoms with Crippen molar-refractivity contribution in [1.29, 1.82) is 0 Å². The highest BCUT2D eigenvalue weighted by Crippen LogP contribution is 2.33. The Balaban J connectivity index is 1.29. The van der Waals surface area contributed by atoms with Gasteiger partial charge in [0, 0.05) is 38.2 Å². The maximum atomic E-state index is 13.1. The fourth-order valence-electron chi connectivity index (χ4n) is 5.76. The first-order valence-electron chi connectivity index (χ1n) is 14.3. The molecule has 1 atom stereocenters. The van der Waals surface area contributed by atoms with Gasteiger partial charge < -0.3 is 9.80 Å². The van der Waals surface area contributed by atoms with E-state index in [4.69, 9.17) is 23.2 Å². The Hall–Kier alpha value is -3.37. The van der Waals surface area contributed by atoms with E-state index in [0.29, 0.717) is 22.2 Å². The molecule has 1 amide bonds. The third-order valence-electron chi connectivity index (χ3n) is 8.01. The number of likely N-dealkylation sites (tertiary alicyclic amines) is 1. The second kappa shape index (κ2) is 14.0. The van der Waals surface area contributed by atoms with Crippen LogP contribution in [-0.2, 0) is 0 Å². The number of benzene rings is 4. The van der Waals surface area contributed by atoms with Crippen molar-refractivity contribution in [2.45, 2.75) is 25.2 Å². The average molecular weight is 584 g/mol. The predicted molar refractivity (Wildman–Crippen MR) is 172 cm³/mol. The van der Waals surface area contributed by atoms with Crippen molar-refractivity contribution < 1.29 is 4.79 Å². The number of hydrogen-bond donors (Lipinski definition) is 0. The molecule has 0 spiro atoms. The van der Waals surface area contributed by atoms with Gasteiger partial charge in [0.2, 0.25) is 0 Å². The number of carbonyl (C=O) groups excluding carboxylic acids is 1. The highest BCUT2D eigenvalue weighted by Gasteiger charge is 2.23. The molecule has 3 nitrogen and oxygen atoms in total. The standard InChI is InChI=1S/C36H36Cl2N2O/c1-39(36(41)30-15-9-4-10-16-30)26-32(31-17-18-33(37)34(38)25-31)21-24-40-22-19-29(20-23-40)35(27-11-5-2-6-12-27)28-13-7-3-8-14-28/h2-18,25,32H,19-24,26H2,1H3/t32-/m0/s1. The number of carbonyl (C=O) groups is 1. The Kier molecular flexibility index (Phi) is 9.95. The van der Waals surface area contributed by atoms with Gasteiger partial charge in [-0.2, -0.15) is 0 Å². The van der Waals surface area contributed by atoms with Crippen LogP contribution in [0.3, 0.4) is 0 Å². The SMILES string of the molecule is CN(C[C@H](CCN1CCC(=C(c2ccccc2)c2ccccc2)CC1)c1ccc(Cl)c(Cl)c1)C(=O)c1ccccc1. The molecule has 5 rings (SSSR count). The molecular weight excluding hydrogens is 547 g/mol. The van der Waals surface area contributed by atoms with Gasteiger partial charge in [-0.25, -0.2) is 0 Å². The second-order valence-electron chi connectivity index (χ2n) is 10.8. The molecular formula is C36H36Cl2N2O. The second-order valence-corrected chi connectivity index (χ2v) is 11.6. The van der Waals surface area contributed by atoms with E-state index in [9.17, 15) is 4.79 Å². The minimum atomic E-state index is 0.0257. The van der Waals surface area contributed by atoms with Crippen LogP contribution in [0.5, 0.6) is 0 Å². The Bertz CT molecular complexity index is 1420. The zero-order valence-corrected chi connectivity index (χ0v) is 25.0. The summed E-state index contributed by atoms with van der Waals surface area (Å²) in [4.78, 5) is 17.5. The number of amides is 1. The summed E-state index contributed by atoms with van der Waals surface area (Å²) in [6.07, 6.45) is 3.01. The molecule has 5 heteroatoms. The van der Waals surface area contributed by atoms with Gasteiger partial charge in [-0.3, -0.25) is 4.79 Å². The van der Waals surface area contributed by atoms with Crippen LogP contribution in [0, 0.1) is 0 Å². The molecule has 0 N–H and O–H groups in total. The van der Waals surface area contributed by atoms with Crippen molar-refractivity contribution in [3.8, 4) is 0 Å². The van der Waals surface area contributed by atoms with Gasteiger partial charge in [0.05, 0.1) is 10.0 Å². The molecule has 0 radical (unpaired) electrons. The van der Waals surface area contributed by atoms with Crippen LogP contribution in [0.4, 0.5) is 0 Å². The number of likely N-dealkylation sites (N-methyl/N-ethyl adjacent to an activating group) is 1. The monoisotopic (exact) mass is 582 g/mol. The van der Waals surface area contributed by atoms with Crippen molar-refractivity contribution in [3.05, 3.63) is 147 Å². The molecule has 4 aromatic carbocycles. The summed E-state index contributed by atoms with van der Waals surface area (Å²) in [7, 11) is 1.88. The minimum absolute atomic E-state index is 0.0257. The lowest BCUT2D eigenvalue weighted by molar-refractivity contribution is 0.0782. The molecule has 1 fully saturated rings. The normalized spacial score (nSPS) is 14.5. The predicted octanol–water partition coefficient (Wildman–Crippen LogP) is 8.84. The van der Waals surface area contributed by atoms with Crippen LogP contribution in [0.15, 0.2) is 115 Å². The van der Waals surface area contributed by atoms with Crippen LogP contribution in [0.1, 0.15) is 52.2 Å². The van der Waals surface area contributed by atoms with Gasteiger partial charge >= 0.3 is 0 Å². The molecule has 1 saturated heterocycles. The maximum Gasteiger partial charge on any atom is 0.253 e. The summed E-state index contributed by atoms with van der Waals surface area (Å²) in [5.41, 5.74) is 7.28. The van der Waals surface area contributed by atoms with E-state index in [1.165, 1.54) is 22.3 Å². The molecule has 0 bridgehead atoms. The van der Waals surface area contributed by atoms with Crippen molar-refractivity contribution >= 4 is 34.7 Å². The molecule has 41 heavy (non-hydrogen) atoms. The van der Waals surface area contributed by atoms with Crippen LogP contribution < -0.4 is 0 Å². The molecule has 0 aromatic heterocycles. The lowest BCUT2D eigenvalue weighted by Crippen LogP contribution is -2.35. The van der Waals surface area contributed by atoms with E-state index in [2.05, 4.69) is 65.6 Å². The molecule has 4 aromatic rings. The molecule has 1 aliphatic heterocycles. The largest absolute Gasteiger partial charge is 0.341 e. The van der Waals surface area contributed by atoms with Crippen LogP contribution in [0.2, 0.25) is 10.0 Å². The number of nitrogens with zero attached hydrogens (tertiary/aromatic N) is 2. The fraction of sp³-hybridized carbons (Fsp3) is 0.250. The Morgan fingerprint density at radius 1 is 0.756 bits per heavy atom. The minimum Gasteiger partial charge on any atom is -0.341 e. The molecule has 0 aliphatic carbocycles. The zero-order chi connectivity index (χ0) is 28.6. The van der Waals surface area contributed by atoms with Gasteiger partial charge in [-0.1, -0.05) is 114 Å². The zero-order valence-electron chi connectivity index (χ0n) is 23.5. The smallest absolute Gasteiger partial charge is 0.253 e. The highest BCUT2D eigenvalue weighted by molar-refractivity contribution is 6.42. The lowest BCUT2D eigenvalue weighted by atomic mass is 9.88. The average Bonchev–Trinajstić information content (AvgIpc) is 3.02. The summed E-state index contributed by atoms with van der Waals surface area (Å²) < 4.78 is 0. The maximum absolute atomic E-state index is 13.1. The van der Waals surface area contributed by atoms with Gasteiger partial charge in [-0.05, 0) is 72.3 Å². The summed E-state index contributed by atoms with van der Waals surface area (Å²) in [5.74, 6) is 0.168. The van der Waals surface area contributed by atoms with Crippen molar-refractivity contribution in [3.63, 3.8) is 0 Å². The first-order valence-corrected chi connectivity index (χ1v) is 15.1. The number of rotatable bonds is 9. The van der Waals surface area contributed by atoms with E-state index in [1.54, 1.807) is 0 Å². The molecule has 210 valence electrons. The quantitative estimate of drug-likeness (QED) is 0.197. The van der Waals surface area contributed by atoms with E-state index in [1.807, 2.05) is 60.5 Å². The third kappa shape index (κ3) is 7.48. The highest BCUT2D eigenvalue weighted by atomic mass is 35.5. The summed E-state index contributed by atoms with van der Waals surface area (Å²) in [5, 5.41) is 1.10. The van der Waals surface area contributed by atoms with Crippen molar-refractivity contribution in [2.75, 3.05) is 33.2 Å². The van der Waals surface area contributed by atoms with Crippen LogP contribution in [-0.4, -0.2) is 48.9 Å². The molecule has 1 heterocycles. The van der Waals surface area contributed by atoms with Crippen molar-refractivity contribution in [1.82, 2.24) is 9.80 Å². The summed E-state index contributed by atoms with van der Waals surface area (Å²) in [6.45, 7) is 3.60. The van der Waals surface area contributed by atoms with Gasteiger partial charge in [-0.15, -0.1) is 0 Å².